The van der Waals surface area contributed by atoms with E-state index in [2.05, 4.69) is 10.5 Å². The molecule has 0 saturated carbocycles. The van der Waals surface area contributed by atoms with Crippen LogP contribution < -0.4 is 20.5 Å². The van der Waals surface area contributed by atoms with E-state index in [1.807, 2.05) is 0 Å². The standard InChI is InChI=1S/C12H11N3O4/c1-6-2-11(19-15-6)12(16)14-8-4-10-9(3-7(8)13)17-5-18-10/h2-4H,5,13H2,1H3,(H,14,16). The third-order valence-electron chi connectivity index (χ3n) is 2.64. The van der Waals surface area contributed by atoms with Crippen molar-refractivity contribution in [1.29, 1.82) is 0 Å². The van der Waals surface area contributed by atoms with Gasteiger partial charge >= 0.3 is 0 Å². The van der Waals surface area contributed by atoms with Gasteiger partial charge in [-0.3, -0.25) is 4.79 Å². The van der Waals surface area contributed by atoms with Crippen molar-refractivity contribution in [2.24, 2.45) is 0 Å². The molecule has 7 nitrogen and oxygen atoms in total. The largest absolute Gasteiger partial charge is 0.454 e. The smallest absolute Gasteiger partial charge is 0.294 e. The first kappa shape index (κ1) is 11.4. The molecule has 1 aromatic heterocycles. The second-order valence-corrected chi connectivity index (χ2v) is 4.08. The Morgan fingerprint density at radius 3 is 2.74 bits per heavy atom. The molecule has 2 heterocycles. The van der Waals surface area contributed by atoms with E-state index in [9.17, 15) is 4.79 Å². The highest BCUT2D eigenvalue weighted by atomic mass is 16.7. The van der Waals surface area contributed by atoms with E-state index in [1.165, 1.54) is 0 Å². The zero-order valence-electron chi connectivity index (χ0n) is 10.1. The van der Waals surface area contributed by atoms with Crippen LogP contribution in [-0.4, -0.2) is 17.9 Å². The Morgan fingerprint density at radius 1 is 1.32 bits per heavy atom. The van der Waals surface area contributed by atoms with Gasteiger partial charge in [0.25, 0.3) is 5.91 Å². The Hall–Kier alpha value is -2.70. The number of nitrogen functional groups attached to an aromatic ring is 1. The molecule has 1 amide bonds. The molecular weight excluding hydrogens is 250 g/mol. The number of benzene rings is 1. The van der Waals surface area contributed by atoms with Gasteiger partial charge in [0.05, 0.1) is 17.1 Å². The maximum absolute atomic E-state index is 11.9. The Balaban J connectivity index is 1.85. The fourth-order valence-corrected chi connectivity index (χ4v) is 1.72. The van der Waals surface area contributed by atoms with Crippen LogP contribution in [0.5, 0.6) is 11.5 Å². The molecule has 1 aliphatic rings. The second kappa shape index (κ2) is 4.20. The lowest BCUT2D eigenvalue weighted by Crippen LogP contribution is -2.12. The molecule has 2 aromatic rings. The van der Waals surface area contributed by atoms with Crippen molar-refractivity contribution in [2.45, 2.75) is 6.92 Å². The van der Waals surface area contributed by atoms with Crippen LogP contribution in [0.4, 0.5) is 11.4 Å². The van der Waals surface area contributed by atoms with E-state index in [1.54, 1.807) is 25.1 Å². The molecule has 7 heteroatoms. The van der Waals surface area contributed by atoms with Gasteiger partial charge in [-0.1, -0.05) is 5.16 Å². The number of hydrogen-bond donors (Lipinski definition) is 2. The van der Waals surface area contributed by atoms with E-state index < -0.39 is 5.91 Å². The van der Waals surface area contributed by atoms with E-state index >= 15 is 0 Å². The number of ether oxygens (including phenoxy) is 2. The van der Waals surface area contributed by atoms with E-state index in [0.29, 0.717) is 28.6 Å². The minimum Gasteiger partial charge on any atom is -0.454 e. The van der Waals surface area contributed by atoms with Crippen molar-refractivity contribution < 1.29 is 18.8 Å². The van der Waals surface area contributed by atoms with Gasteiger partial charge in [0.2, 0.25) is 12.6 Å². The number of aromatic nitrogens is 1. The van der Waals surface area contributed by atoms with Gasteiger partial charge in [0, 0.05) is 18.2 Å². The van der Waals surface area contributed by atoms with Gasteiger partial charge in [0.15, 0.2) is 11.5 Å². The summed E-state index contributed by atoms with van der Waals surface area (Å²) >= 11 is 0. The molecule has 19 heavy (non-hydrogen) atoms. The number of hydrogen-bond acceptors (Lipinski definition) is 6. The number of nitrogens with one attached hydrogen (secondary N) is 1. The van der Waals surface area contributed by atoms with E-state index in [0.717, 1.165) is 0 Å². The van der Waals surface area contributed by atoms with Gasteiger partial charge in [-0.2, -0.15) is 0 Å². The van der Waals surface area contributed by atoms with Gasteiger partial charge in [0.1, 0.15) is 0 Å². The van der Waals surface area contributed by atoms with Crippen LogP contribution in [0.2, 0.25) is 0 Å². The molecule has 1 aromatic carbocycles. The predicted molar refractivity (Wildman–Crippen MR) is 66.2 cm³/mol. The lowest BCUT2D eigenvalue weighted by Gasteiger charge is -2.07. The van der Waals surface area contributed by atoms with Crippen LogP contribution in [0.25, 0.3) is 0 Å². The van der Waals surface area contributed by atoms with Crippen molar-refractivity contribution in [2.75, 3.05) is 17.8 Å². The maximum atomic E-state index is 11.9. The lowest BCUT2D eigenvalue weighted by molar-refractivity contribution is 0.0988. The molecular formula is C12H11N3O4. The molecule has 1 aliphatic heterocycles. The minimum absolute atomic E-state index is 0.120. The van der Waals surface area contributed by atoms with Crippen molar-refractivity contribution in [3.05, 3.63) is 29.7 Å². The van der Waals surface area contributed by atoms with Crippen LogP contribution in [0.15, 0.2) is 22.7 Å². The SMILES string of the molecule is Cc1cc(C(=O)Nc2cc3c(cc2N)OCO3)on1. The normalized spacial score (nSPS) is 12.5. The van der Waals surface area contributed by atoms with Crippen LogP contribution in [-0.2, 0) is 0 Å². The molecule has 0 bridgehead atoms. The number of nitrogens with zero attached hydrogens (tertiary/aromatic N) is 1. The van der Waals surface area contributed by atoms with Gasteiger partial charge in [-0.25, -0.2) is 0 Å². The van der Waals surface area contributed by atoms with Crippen LogP contribution >= 0.6 is 0 Å². The van der Waals surface area contributed by atoms with E-state index in [4.69, 9.17) is 19.7 Å². The van der Waals surface area contributed by atoms with Crippen molar-refractivity contribution in [3.63, 3.8) is 0 Å². The summed E-state index contributed by atoms with van der Waals surface area (Å²) in [6.45, 7) is 1.88. The summed E-state index contributed by atoms with van der Waals surface area (Å²) in [6.07, 6.45) is 0. The molecule has 0 fully saturated rings. The highest BCUT2D eigenvalue weighted by Gasteiger charge is 2.19. The number of nitrogens with two attached hydrogens (primary N) is 1. The number of anilines is 2. The average molecular weight is 261 g/mol. The first-order chi connectivity index (χ1) is 9.13. The predicted octanol–water partition coefficient (Wildman–Crippen LogP) is 1.55. The highest BCUT2D eigenvalue weighted by molar-refractivity contribution is 6.04. The van der Waals surface area contributed by atoms with Crippen molar-refractivity contribution in [1.82, 2.24) is 5.16 Å². The first-order valence-corrected chi connectivity index (χ1v) is 5.57. The van der Waals surface area contributed by atoms with Crippen LogP contribution in [0, 0.1) is 6.92 Å². The molecule has 0 radical (unpaired) electrons. The summed E-state index contributed by atoms with van der Waals surface area (Å²) in [7, 11) is 0. The molecule has 3 N–H and O–H groups in total. The Morgan fingerprint density at radius 2 is 2.05 bits per heavy atom. The third kappa shape index (κ3) is 2.05. The number of carbonyl (C=O) groups excluding carboxylic acids is 1. The third-order valence-corrected chi connectivity index (χ3v) is 2.64. The molecule has 3 rings (SSSR count). The summed E-state index contributed by atoms with van der Waals surface area (Å²) in [5, 5.41) is 6.28. The molecule has 98 valence electrons. The van der Waals surface area contributed by atoms with Crippen LogP contribution in [0.3, 0.4) is 0 Å². The van der Waals surface area contributed by atoms with Gasteiger partial charge in [-0.15, -0.1) is 0 Å². The maximum Gasteiger partial charge on any atom is 0.294 e. The number of carbonyl (C=O) groups is 1. The number of rotatable bonds is 2. The monoisotopic (exact) mass is 261 g/mol. The van der Waals surface area contributed by atoms with E-state index in [-0.39, 0.29) is 12.6 Å². The minimum atomic E-state index is -0.425. The topological polar surface area (TPSA) is 99.6 Å². The Bertz CT molecular complexity index is 650. The fourth-order valence-electron chi connectivity index (χ4n) is 1.72. The summed E-state index contributed by atoms with van der Waals surface area (Å²) in [5.74, 6) is 0.796. The molecule has 0 aliphatic carbocycles. The Labute approximate surface area is 108 Å². The number of aryl methyl sites for hydroxylation is 1. The lowest BCUT2D eigenvalue weighted by atomic mass is 10.2. The highest BCUT2D eigenvalue weighted by Crippen LogP contribution is 2.38. The van der Waals surface area contributed by atoms with Crippen LogP contribution in [0.1, 0.15) is 16.2 Å². The molecule has 0 atom stereocenters. The first-order valence-electron chi connectivity index (χ1n) is 5.57. The van der Waals surface area contributed by atoms with Crippen molar-refractivity contribution >= 4 is 17.3 Å². The molecule has 0 spiro atoms. The number of amides is 1. The summed E-state index contributed by atoms with van der Waals surface area (Å²) in [4.78, 5) is 11.9. The van der Waals surface area contributed by atoms with Gasteiger partial charge < -0.3 is 25.0 Å². The zero-order valence-corrected chi connectivity index (χ0v) is 10.1. The summed E-state index contributed by atoms with van der Waals surface area (Å²) in [6, 6.07) is 4.75. The zero-order chi connectivity index (χ0) is 13.4. The average Bonchev–Trinajstić information content (AvgIpc) is 2.98. The molecule has 0 unspecified atom stereocenters. The molecule has 0 saturated heterocycles. The van der Waals surface area contributed by atoms with Crippen molar-refractivity contribution in [3.8, 4) is 11.5 Å². The quantitative estimate of drug-likeness (QED) is 0.795. The summed E-state index contributed by atoms with van der Waals surface area (Å²) < 4.78 is 15.3. The number of fused-ring (bicyclic) bond motifs is 1. The Kier molecular flexibility index (Phi) is 2.52. The second-order valence-electron chi connectivity index (χ2n) is 4.08. The summed E-state index contributed by atoms with van der Waals surface area (Å²) in [5.41, 5.74) is 7.27. The van der Waals surface area contributed by atoms with Gasteiger partial charge in [-0.05, 0) is 6.92 Å². The fraction of sp³-hybridized carbons (Fsp3) is 0.167.